The van der Waals surface area contributed by atoms with E-state index >= 15 is 0 Å². The van der Waals surface area contributed by atoms with Crippen LogP contribution in [0.5, 0.6) is 0 Å². The van der Waals surface area contributed by atoms with Gasteiger partial charge in [-0.05, 0) is 0 Å². The minimum absolute atomic E-state index is 0.914. The fourth-order valence-electron chi connectivity index (χ4n) is 8.32. The summed E-state index contributed by atoms with van der Waals surface area (Å²) in [7, 11) is 0. The van der Waals surface area contributed by atoms with Crippen molar-refractivity contribution in [3.63, 3.8) is 0 Å². The Kier molecular flexibility index (Phi) is 19.3. The van der Waals surface area contributed by atoms with Gasteiger partial charge in [0.25, 0.3) is 11.6 Å². The van der Waals surface area contributed by atoms with Crippen molar-refractivity contribution >= 4 is 11.9 Å². The van der Waals surface area contributed by atoms with Gasteiger partial charge >= 0.3 is 11.9 Å². The van der Waals surface area contributed by atoms with Gasteiger partial charge in [-0.15, -0.1) is 0 Å². The molecule has 5 rings (SSSR count). The first-order valence-electron chi connectivity index (χ1n) is 21.0. The van der Waals surface area contributed by atoms with Crippen LogP contribution in [0, 0.1) is 0 Å². The van der Waals surface area contributed by atoms with Crippen molar-refractivity contribution in [3.8, 4) is 0 Å². The van der Waals surface area contributed by atoms with Gasteiger partial charge in [-0.25, -0.2) is 9.59 Å². The zero-order valence-electron chi connectivity index (χ0n) is 35.4. The fourth-order valence-corrected chi connectivity index (χ4v) is 8.32. The van der Waals surface area contributed by atoms with Crippen molar-refractivity contribution in [1.29, 1.82) is 0 Å². The van der Waals surface area contributed by atoms with E-state index < -0.39 is 222 Å². The number of nitrogens with two attached hydrogens (primary N) is 1. The monoisotopic (exact) mass is 1000 g/mol. The molecule has 0 bridgehead atoms. The maximum Gasteiger partial charge on any atom is 0.364 e. The minimum Gasteiger partial charge on any atom is -0.477 e. The first-order valence-corrected chi connectivity index (χ1v) is 21.0. The van der Waals surface area contributed by atoms with E-state index in [0.717, 1.165) is 0 Å². The van der Waals surface area contributed by atoms with Crippen LogP contribution >= 0.6 is 0 Å². The molecule has 0 saturated carbocycles. The first-order chi connectivity index (χ1) is 31.8. The SMILES string of the molecule is N[C@H]1[C@@H](O[C@@H]2[C@@H](O[C@@H]3[C@H](O)[C@@H](O[C@H]4[C@@H]([C@H](O)CO[C@]5(C(=O)O)C[C@@H](O)[C@@H](O)[C@@H]([C@H](O)CO)O5)O[C@@](O)(C(=O)O)C[C@H]4O)O[C@H]([C@@H](O)CO)[C@H]3O)O[C@H]([C@@H](O)CO)[C@@H](O)[C@@H]2O)O[C@H](CO)[C@@H](O)[C@@H]1O. The summed E-state index contributed by atoms with van der Waals surface area (Å²) in [5, 5.41) is 210. The van der Waals surface area contributed by atoms with Gasteiger partial charge in [-0.2, -0.15) is 0 Å². The van der Waals surface area contributed by atoms with Crippen molar-refractivity contribution in [3.05, 3.63) is 0 Å². The second-order valence-electron chi connectivity index (χ2n) is 17.0. The van der Waals surface area contributed by atoms with Crippen LogP contribution in [0.25, 0.3) is 0 Å². The number of ether oxygens (including phenoxy) is 9. The highest BCUT2D eigenvalue weighted by Gasteiger charge is 2.60. The Morgan fingerprint density at radius 2 is 1.09 bits per heavy atom. The molecule has 396 valence electrons. The molecule has 5 heterocycles. The number of carbonyl (C=O) groups is 2. The summed E-state index contributed by atoms with van der Waals surface area (Å²) in [6.07, 6.45) is -53.3. The molecule has 27 atom stereocenters. The Labute approximate surface area is 382 Å². The molecule has 32 heteroatoms. The third-order valence-corrected chi connectivity index (χ3v) is 12.2. The quantitative estimate of drug-likeness (QED) is 0.0571. The highest BCUT2D eigenvalue weighted by molar-refractivity contribution is 5.76. The van der Waals surface area contributed by atoms with Crippen molar-refractivity contribution in [2.24, 2.45) is 5.73 Å². The van der Waals surface area contributed by atoms with E-state index in [4.69, 9.17) is 48.4 Å². The molecule has 5 saturated heterocycles. The van der Waals surface area contributed by atoms with Gasteiger partial charge in [0.2, 0.25) is 0 Å². The molecule has 68 heavy (non-hydrogen) atoms. The number of carboxylic acids is 2. The van der Waals surface area contributed by atoms with E-state index in [1.165, 1.54) is 0 Å². The summed E-state index contributed by atoms with van der Waals surface area (Å²) in [6.45, 7) is -5.71. The molecule has 0 amide bonds. The van der Waals surface area contributed by atoms with Crippen LogP contribution in [0.4, 0.5) is 0 Å². The summed E-state index contributed by atoms with van der Waals surface area (Å²) >= 11 is 0. The molecule has 0 spiro atoms. The second-order valence-corrected chi connectivity index (χ2v) is 17.0. The molecular weight excluding hydrogens is 942 g/mol. The largest absolute Gasteiger partial charge is 0.477 e. The molecule has 32 nitrogen and oxygen atoms in total. The van der Waals surface area contributed by atoms with Gasteiger partial charge in [0, 0.05) is 12.8 Å². The normalized spacial score (nSPS) is 47.7. The van der Waals surface area contributed by atoms with Crippen LogP contribution < -0.4 is 5.73 Å². The minimum atomic E-state index is -3.36. The summed E-state index contributed by atoms with van der Waals surface area (Å²) in [5.41, 5.74) is 5.98. The number of rotatable bonds is 19. The molecular formula is C36H61NO31. The maximum absolute atomic E-state index is 12.5. The smallest absolute Gasteiger partial charge is 0.364 e. The summed E-state index contributed by atoms with van der Waals surface area (Å²) in [5.74, 6) is -10.6. The van der Waals surface area contributed by atoms with Gasteiger partial charge in [0.05, 0.1) is 51.3 Å². The Morgan fingerprint density at radius 3 is 1.65 bits per heavy atom. The number of aliphatic hydroxyl groups excluding tert-OH is 17. The van der Waals surface area contributed by atoms with Gasteiger partial charge in [0.1, 0.15) is 116 Å². The van der Waals surface area contributed by atoms with Crippen LogP contribution in [0.2, 0.25) is 0 Å². The van der Waals surface area contributed by atoms with E-state index in [9.17, 15) is 112 Å². The lowest BCUT2D eigenvalue weighted by molar-refractivity contribution is -0.397. The standard InChI is InChI=1S/C36H61NO31/c37-15-18(50)17(49)14(6-41)61-30(15)66-29-20(52)19(51)23(10(44)3-38)63-32(29)65-28-21(53)24(11(45)4-39)62-31(22(28)54)64-26-9(43)1-35(59,33(55)56)67-27(26)13(47)7-60-36(34(57)58)2-8(42)16(48)25(68-36)12(46)5-40/h8-32,38-54,59H,1-7,37H2,(H,55,56)(H,57,58)/t8-,9-,10+,11+,12-,13-,14-,15-,16-,17-,18-,19+,20+,21-,22+,23-,24-,25-,26-,27-,28+,29+,30-,31-,32-,35-,36-/m1/s1. The van der Waals surface area contributed by atoms with Crippen LogP contribution in [0.3, 0.4) is 0 Å². The zero-order chi connectivity index (χ0) is 50.9. The van der Waals surface area contributed by atoms with Gasteiger partial charge in [-0.1, -0.05) is 0 Å². The third-order valence-electron chi connectivity index (χ3n) is 12.2. The zero-order valence-corrected chi connectivity index (χ0v) is 35.4. The number of hydrogen-bond acceptors (Lipinski definition) is 30. The Morgan fingerprint density at radius 1 is 0.544 bits per heavy atom. The van der Waals surface area contributed by atoms with Crippen LogP contribution in [0.15, 0.2) is 0 Å². The molecule has 5 aliphatic heterocycles. The average molecular weight is 1000 g/mol. The van der Waals surface area contributed by atoms with Gasteiger partial charge in [0.15, 0.2) is 18.9 Å². The first kappa shape index (κ1) is 56.7. The Bertz CT molecular complexity index is 1640. The van der Waals surface area contributed by atoms with E-state index in [0.29, 0.717) is 0 Å². The fraction of sp³-hybridized carbons (Fsp3) is 0.944. The highest BCUT2D eigenvalue weighted by Crippen LogP contribution is 2.39. The number of aliphatic carboxylic acids is 2. The lowest BCUT2D eigenvalue weighted by Crippen LogP contribution is -2.69. The summed E-state index contributed by atoms with van der Waals surface area (Å²) in [6, 6.07) is -1.67. The van der Waals surface area contributed by atoms with Gasteiger partial charge < -0.3 is 150 Å². The Hall–Kier alpha value is -2.18. The van der Waals surface area contributed by atoms with E-state index in [-0.39, 0.29) is 0 Å². The average Bonchev–Trinajstić information content (AvgIpc) is 3.30. The highest BCUT2D eigenvalue weighted by atomic mass is 16.8. The molecule has 0 unspecified atom stereocenters. The van der Waals surface area contributed by atoms with E-state index in [1.807, 2.05) is 0 Å². The van der Waals surface area contributed by atoms with Crippen LogP contribution in [0.1, 0.15) is 12.8 Å². The van der Waals surface area contributed by atoms with Crippen molar-refractivity contribution in [2.75, 3.05) is 33.0 Å². The lowest BCUT2D eigenvalue weighted by atomic mass is 9.91. The molecule has 22 N–H and O–H groups in total. The predicted molar refractivity (Wildman–Crippen MR) is 203 cm³/mol. The van der Waals surface area contributed by atoms with E-state index in [2.05, 4.69) is 0 Å². The second kappa shape index (κ2) is 23.1. The summed E-state index contributed by atoms with van der Waals surface area (Å²) < 4.78 is 49.7. The molecule has 5 fully saturated rings. The molecule has 0 aromatic rings. The lowest BCUT2D eigenvalue weighted by Gasteiger charge is -2.50. The topological polar surface area (TPSA) is 548 Å². The number of hydrogen-bond donors (Lipinski definition) is 21. The Balaban J connectivity index is 1.47. The molecule has 0 aromatic carbocycles. The summed E-state index contributed by atoms with van der Waals surface area (Å²) in [4.78, 5) is 24.6. The molecule has 0 radical (unpaired) electrons. The molecule has 5 aliphatic rings. The number of carboxylic acid groups (broad SMARTS) is 2. The van der Waals surface area contributed by atoms with Crippen molar-refractivity contribution < 1.29 is 154 Å². The maximum atomic E-state index is 12.5. The van der Waals surface area contributed by atoms with Crippen LogP contribution in [-0.4, -0.2) is 312 Å². The molecule has 0 aromatic heterocycles. The van der Waals surface area contributed by atoms with Crippen LogP contribution in [-0.2, 0) is 52.2 Å². The van der Waals surface area contributed by atoms with Crippen molar-refractivity contribution in [2.45, 2.75) is 178 Å². The number of aliphatic hydroxyl groups is 18. The molecule has 0 aliphatic carbocycles. The van der Waals surface area contributed by atoms with Gasteiger partial charge in [-0.3, -0.25) is 0 Å². The third kappa shape index (κ3) is 11.5. The predicted octanol–water partition coefficient (Wildman–Crippen LogP) is -13.5. The van der Waals surface area contributed by atoms with Crippen molar-refractivity contribution in [1.82, 2.24) is 0 Å². The van der Waals surface area contributed by atoms with E-state index in [1.54, 1.807) is 0 Å².